The van der Waals surface area contributed by atoms with E-state index >= 15 is 0 Å². The van der Waals surface area contributed by atoms with Gasteiger partial charge in [-0.05, 0) is 25.8 Å². The molecule has 0 spiro atoms. The maximum absolute atomic E-state index is 14.1. The van der Waals surface area contributed by atoms with E-state index in [-0.39, 0.29) is 18.2 Å². The summed E-state index contributed by atoms with van der Waals surface area (Å²) in [6.07, 6.45) is 2.54. The van der Waals surface area contributed by atoms with Crippen LogP contribution in [0.5, 0.6) is 0 Å². The predicted octanol–water partition coefficient (Wildman–Crippen LogP) is 3.16. The number of hydrogen-bond acceptors (Lipinski definition) is 2. The first kappa shape index (κ1) is 13.0. The lowest BCUT2D eigenvalue weighted by molar-refractivity contribution is -0.0482. The van der Waals surface area contributed by atoms with Crippen molar-refractivity contribution in [2.24, 2.45) is 0 Å². The zero-order valence-corrected chi connectivity index (χ0v) is 10.1. The van der Waals surface area contributed by atoms with Gasteiger partial charge in [0.15, 0.2) is 0 Å². The molecule has 0 aromatic heterocycles. The molecule has 0 N–H and O–H groups in total. The van der Waals surface area contributed by atoms with Gasteiger partial charge >= 0.3 is 0 Å². The summed E-state index contributed by atoms with van der Waals surface area (Å²) in [6, 6.07) is 9.57. The van der Waals surface area contributed by atoms with Crippen molar-refractivity contribution in [3.63, 3.8) is 0 Å². The Morgan fingerprint density at radius 3 is 2.67 bits per heavy atom. The van der Waals surface area contributed by atoms with Gasteiger partial charge in [0.05, 0.1) is 18.7 Å². The van der Waals surface area contributed by atoms with Crippen molar-refractivity contribution >= 4 is 0 Å². The largest absolute Gasteiger partial charge is 0.285 e. The molecule has 2 nitrogen and oxygen atoms in total. The monoisotopic (exact) mass is 250 g/mol. The van der Waals surface area contributed by atoms with Crippen LogP contribution >= 0.6 is 0 Å². The smallest absolute Gasteiger partial charge is 0.282 e. The average molecular weight is 250 g/mol. The Kier molecular flexibility index (Phi) is 3.93. The fraction of sp³-hybridized carbons (Fsp3) is 0.500. The highest BCUT2D eigenvalue weighted by molar-refractivity contribution is 5.20. The molecule has 1 aromatic carbocycles. The lowest BCUT2D eigenvalue weighted by Crippen LogP contribution is -2.44. The van der Waals surface area contributed by atoms with Crippen LogP contribution in [-0.2, 0) is 5.92 Å². The van der Waals surface area contributed by atoms with E-state index in [2.05, 4.69) is 6.07 Å². The molecule has 1 heterocycles. The summed E-state index contributed by atoms with van der Waals surface area (Å²) in [5.41, 5.74) is 0.0206. The van der Waals surface area contributed by atoms with E-state index in [4.69, 9.17) is 5.26 Å². The topological polar surface area (TPSA) is 27.0 Å². The standard InChI is InChI=1S/C14H16F2N2/c15-14(16,12-6-2-1-3-7-12)11-18-9-5-4-8-13(18)10-17/h1-3,6-7,13H,4-5,8-9,11H2. The molecule has 0 saturated carbocycles. The van der Waals surface area contributed by atoms with E-state index in [0.717, 1.165) is 12.8 Å². The van der Waals surface area contributed by atoms with Crippen LogP contribution < -0.4 is 0 Å². The Morgan fingerprint density at radius 1 is 1.28 bits per heavy atom. The third kappa shape index (κ3) is 2.85. The van der Waals surface area contributed by atoms with Gasteiger partial charge in [0.2, 0.25) is 0 Å². The first-order valence-corrected chi connectivity index (χ1v) is 6.20. The number of benzene rings is 1. The number of alkyl halides is 2. The molecule has 1 aliphatic rings. The van der Waals surface area contributed by atoms with Crippen molar-refractivity contribution in [2.45, 2.75) is 31.2 Å². The van der Waals surface area contributed by atoms with Gasteiger partial charge in [-0.3, -0.25) is 4.90 Å². The average Bonchev–Trinajstić information content (AvgIpc) is 2.40. The molecule has 1 saturated heterocycles. The summed E-state index contributed by atoms with van der Waals surface area (Å²) >= 11 is 0. The second kappa shape index (κ2) is 5.45. The summed E-state index contributed by atoms with van der Waals surface area (Å²) in [5, 5.41) is 8.99. The number of nitriles is 1. The molecule has 0 aliphatic carbocycles. The molecular formula is C14H16F2N2. The van der Waals surface area contributed by atoms with Crippen LogP contribution in [0.1, 0.15) is 24.8 Å². The van der Waals surface area contributed by atoms with Gasteiger partial charge in [0.25, 0.3) is 5.92 Å². The number of nitrogens with zero attached hydrogens (tertiary/aromatic N) is 2. The van der Waals surface area contributed by atoms with Gasteiger partial charge in [0.1, 0.15) is 0 Å². The quantitative estimate of drug-likeness (QED) is 0.824. The first-order valence-electron chi connectivity index (χ1n) is 6.20. The minimum Gasteiger partial charge on any atom is -0.282 e. The summed E-state index contributed by atoms with van der Waals surface area (Å²) in [6.45, 7) is 0.218. The highest BCUT2D eigenvalue weighted by Gasteiger charge is 2.36. The van der Waals surface area contributed by atoms with Crippen molar-refractivity contribution in [2.75, 3.05) is 13.1 Å². The fourth-order valence-electron chi connectivity index (χ4n) is 2.35. The molecule has 4 heteroatoms. The molecule has 0 bridgehead atoms. The van der Waals surface area contributed by atoms with E-state index in [1.54, 1.807) is 23.1 Å². The Morgan fingerprint density at radius 2 is 2.00 bits per heavy atom. The van der Waals surface area contributed by atoms with Gasteiger partial charge in [-0.2, -0.15) is 14.0 Å². The highest BCUT2D eigenvalue weighted by Crippen LogP contribution is 2.31. The van der Waals surface area contributed by atoms with E-state index in [0.29, 0.717) is 13.0 Å². The normalized spacial score (nSPS) is 21.5. The third-order valence-corrected chi connectivity index (χ3v) is 3.36. The molecule has 18 heavy (non-hydrogen) atoms. The van der Waals surface area contributed by atoms with Crippen LogP contribution in [-0.4, -0.2) is 24.0 Å². The molecule has 0 amide bonds. The lowest BCUT2D eigenvalue weighted by atomic mass is 10.0. The van der Waals surface area contributed by atoms with Crippen LogP contribution in [0.3, 0.4) is 0 Å². The first-order chi connectivity index (χ1) is 8.63. The number of hydrogen-bond donors (Lipinski definition) is 0. The third-order valence-electron chi connectivity index (χ3n) is 3.36. The summed E-state index contributed by atoms with van der Waals surface area (Å²) < 4.78 is 28.2. The number of halogens is 2. The van der Waals surface area contributed by atoms with Crippen LogP contribution in [0, 0.1) is 11.3 Å². The lowest BCUT2D eigenvalue weighted by Gasteiger charge is -2.34. The molecular weight excluding hydrogens is 234 g/mol. The maximum Gasteiger partial charge on any atom is 0.285 e. The molecule has 96 valence electrons. The minimum atomic E-state index is -2.90. The molecule has 1 fully saturated rings. The molecule has 2 rings (SSSR count). The van der Waals surface area contributed by atoms with Gasteiger partial charge in [-0.15, -0.1) is 0 Å². The zero-order chi connectivity index (χ0) is 13.0. The maximum atomic E-state index is 14.1. The number of rotatable bonds is 3. The van der Waals surface area contributed by atoms with Crippen LogP contribution in [0.15, 0.2) is 30.3 Å². The van der Waals surface area contributed by atoms with Gasteiger partial charge in [-0.1, -0.05) is 30.3 Å². The highest BCUT2D eigenvalue weighted by atomic mass is 19.3. The molecule has 0 radical (unpaired) electrons. The van der Waals surface area contributed by atoms with Crippen LogP contribution in [0.25, 0.3) is 0 Å². The van der Waals surface area contributed by atoms with Gasteiger partial charge in [0, 0.05) is 5.56 Å². The van der Waals surface area contributed by atoms with Crippen molar-refractivity contribution < 1.29 is 8.78 Å². The molecule has 1 unspecified atom stereocenters. The zero-order valence-electron chi connectivity index (χ0n) is 10.1. The van der Waals surface area contributed by atoms with Crippen molar-refractivity contribution in [1.82, 2.24) is 4.90 Å². The van der Waals surface area contributed by atoms with Crippen molar-refractivity contribution in [3.8, 4) is 6.07 Å². The summed E-state index contributed by atoms with van der Waals surface area (Å²) in [4.78, 5) is 1.61. The van der Waals surface area contributed by atoms with Crippen LogP contribution in [0.4, 0.5) is 8.78 Å². The predicted molar refractivity (Wildman–Crippen MR) is 65.2 cm³/mol. The SMILES string of the molecule is N#CC1CCCCN1CC(F)(F)c1ccccc1. The Labute approximate surface area is 106 Å². The van der Waals surface area contributed by atoms with Gasteiger partial charge in [-0.25, -0.2) is 0 Å². The van der Waals surface area contributed by atoms with E-state index < -0.39 is 5.92 Å². The Bertz CT molecular complexity index is 425. The van der Waals surface area contributed by atoms with Gasteiger partial charge < -0.3 is 0 Å². The second-order valence-electron chi connectivity index (χ2n) is 4.68. The van der Waals surface area contributed by atoms with Crippen LogP contribution in [0.2, 0.25) is 0 Å². The summed E-state index contributed by atoms with van der Waals surface area (Å²) in [7, 11) is 0. The Hall–Kier alpha value is -1.47. The van der Waals surface area contributed by atoms with Crippen molar-refractivity contribution in [1.29, 1.82) is 5.26 Å². The summed E-state index contributed by atoms with van der Waals surface area (Å²) in [5.74, 6) is -2.90. The fourth-order valence-corrected chi connectivity index (χ4v) is 2.35. The van der Waals surface area contributed by atoms with E-state index in [1.165, 1.54) is 12.1 Å². The molecule has 1 aromatic rings. The minimum absolute atomic E-state index is 0.0206. The number of likely N-dealkylation sites (tertiary alicyclic amines) is 1. The second-order valence-corrected chi connectivity index (χ2v) is 4.68. The number of piperidine rings is 1. The molecule has 1 atom stereocenters. The van der Waals surface area contributed by atoms with E-state index in [1.807, 2.05) is 0 Å². The van der Waals surface area contributed by atoms with E-state index in [9.17, 15) is 8.78 Å². The van der Waals surface area contributed by atoms with Crippen molar-refractivity contribution in [3.05, 3.63) is 35.9 Å². The molecule has 1 aliphatic heterocycles. The Balaban J connectivity index is 2.10.